The molecule has 0 fully saturated rings. The average Bonchev–Trinajstić information content (AvgIpc) is 2.54. The van der Waals surface area contributed by atoms with E-state index < -0.39 is 41.6 Å². The van der Waals surface area contributed by atoms with Gasteiger partial charge in [-0.15, -0.1) is 0 Å². The summed E-state index contributed by atoms with van der Waals surface area (Å²) in [5.74, 6) is -1.01. The lowest BCUT2D eigenvalue weighted by Crippen LogP contribution is -2.49. The molecule has 1 aromatic carbocycles. The van der Waals surface area contributed by atoms with Gasteiger partial charge in [0.05, 0.1) is 0 Å². The molecule has 0 aliphatic carbocycles. The van der Waals surface area contributed by atoms with Crippen LogP contribution < -0.4 is 10.6 Å². The van der Waals surface area contributed by atoms with Crippen molar-refractivity contribution < 1.29 is 19.1 Å². The summed E-state index contributed by atoms with van der Waals surface area (Å²) < 4.78 is 5.12. The molecular weight excluding hydrogens is 370 g/mol. The maximum Gasteiger partial charge on any atom is 0.408 e. The molecule has 0 aliphatic rings. The number of rotatable bonds is 5. The molecule has 0 saturated heterocycles. The highest BCUT2D eigenvalue weighted by Crippen LogP contribution is 2.23. The molecule has 0 aromatic heterocycles. The minimum Gasteiger partial charge on any atom is -0.444 e. The first-order valence-corrected chi connectivity index (χ1v) is 9.37. The number of benzene rings is 1. The maximum absolute atomic E-state index is 13.0. The smallest absolute Gasteiger partial charge is 0.408 e. The van der Waals surface area contributed by atoms with Gasteiger partial charge in [-0.25, -0.2) is 4.79 Å². The number of terminal acetylenes is 1. The van der Waals surface area contributed by atoms with E-state index in [1.807, 2.05) is 33.8 Å². The fourth-order valence-electron chi connectivity index (χ4n) is 2.53. The summed E-state index contributed by atoms with van der Waals surface area (Å²) in [5.41, 5.74) is 0.287. The van der Waals surface area contributed by atoms with E-state index in [9.17, 15) is 14.4 Å². The second-order valence-electron chi connectivity index (χ2n) is 8.80. The van der Waals surface area contributed by atoms with Gasteiger partial charge in [0, 0.05) is 11.6 Å². The van der Waals surface area contributed by atoms with Gasteiger partial charge in [-0.3, -0.25) is 14.5 Å². The van der Waals surface area contributed by atoms with E-state index in [2.05, 4.69) is 16.7 Å². The molecule has 0 heterocycles. The molecule has 7 heteroatoms. The van der Waals surface area contributed by atoms with Crippen molar-refractivity contribution in [3.8, 4) is 12.5 Å². The van der Waals surface area contributed by atoms with Crippen molar-refractivity contribution >= 4 is 17.9 Å². The van der Waals surface area contributed by atoms with Gasteiger partial charge >= 0.3 is 6.09 Å². The van der Waals surface area contributed by atoms with Crippen molar-refractivity contribution in [2.24, 2.45) is 0 Å². The third kappa shape index (κ3) is 8.26. The summed E-state index contributed by atoms with van der Waals surface area (Å²) in [4.78, 5) is 38.6. The van der Waals surface area contributed by atoms with Crippen molar-refractivity contribution in [1.82, 2.24) is 15.5 Å². The fraction of sp³-hybridized carbons (Fsp3) is 0.500. The predicted molar refractivity (Wildman–Crippen MR) is 112 cm³/mol. The third-order valence-corrected chi connectivity index (χ3v) is 3.55. The summed E-state index contributed by atoms with van der Waals surface area (Å²) in [6.07, 6.45) is 4.85. The molecule has 7 nitrogen and oxygen atoms in total. The van der Waals surface area contributed by atoms with Crippen LogP contribution in [0.1, 0.15) is 58.7 Å². The van der Waals surface area contributed by atoms with Crippen LogP contribution in [0.3, 0.4) is 0 Å². The number of carbonyl (C=O) groups is 3. The molecular formula is C22H31N3O4. The Bertz CT molecular complexity index is 798. The molecule has 1 atom stereocenters. The highest BCUT2D eigenvalue weighted by atomic mass is 16.6. The van der Waals surface area contributed by atoms with Crippen LogP contribution in [-0.4, -0.2) is 40.5 Å². The number of nitrogens with one attached hydrogen (secondary N) is 2. The number of amides is 3. The molecule has 29 heavy (non-hydrogen) atoms. The Balaban J connectivity index is 3.11. The zero-order valence-corrected chi connectivity index (χ0v) is 18.3. The summed E-state index contributed by atoms with van der Waals surface area (Å²) in [6.45, 7) is 12.1. The highest BCUT2D eigenvalue weighted by Gasteiger charge is 2.33. The van der Waals surface area contributed by atoms with Crippen LogP contribution in [0.25, 0.3) is 0 Å². The average molecular weight is 402 g/mol. The van der Waals surface area contributed by atoms with E-state index in [0.29, 0.717) is 5.56 Å². The lowest BCUT2D eigenvalue weighted by atomic mass is 10.0. The zero-order valence-electron chi connectivity index (χ0n) is 18.3. The van der Waals surface area contributed by atoms with Gasteiger partial charge in [0.15, 0.2) is 0 Å². The van der Waals surface area contributed by atoms with Gasteiger partial charge in [0.1, 0.15) is 18.2 Å². The summed E-state index contributed by atoms with van der Waals surface area (Å²) >= 11 is 0. The van der Waals surface area contributed by atoms with E-state index in [-0.39, 0.29) is 0 Å². The van der Waals surface area contributed by atoms with Crippen LogP contribution in [-0.2, 0) is 14.3 Å². The van der Waals surface area contributed by atoms with Crippen LogP contribution in [0, 0.1) is 19.4 Å². The molecule has 1 rings (SSSR count). The van der Waals surface area contributed by atoms with Crippen molar-refractivity contribution in [1.29, 1.82) is 0 Å². The van der Waals surface area contributed by atoms with Gasteiger partial charge in [0.2, 0.25) is 5.91 Å². The van der Waals surface area contributed by atoms with Crippen LogP contribution >= 0.6 is 0 Å². The summed E-state index contributed by atoms with van der Waals surface area (Å²) in [5, 5.41) is 5.24. The zero-order chi connectivity index (χ0) is 22.4. The van der Waals surface area contributed by atoms with Crippen LogP contribution in [0.15, 0.2) is 24.3 Å². The number of nitrogens with zero attached hydrogens (tertiary/aromatic N) is 1. The lowest BCUT2D eigenvalue weighted by Gasteiger charge is -2.30. The number of hydrogen-bond acceptors (Lipinski definition) is 4. The Morgan fingerprint density at radius 2 is 1.79 bits per heavy atom. The number of ether oxygens (including phenoxy) is 1. The first kappa shape index (κ1) is 24.0. The van der Waals surface area contributed by atoms with Gasteiger partial charge in [-0.2, -0.15) is 0 Å². The van der Waals surface area contributed by atoms with Crippen molar-refractivity contribution in [2.75, 3.05) is 6.54 Å². The Labute approximate surface area is 173 Å². The number of hydrogen-bond donors (Lipinski definition) is 2. The van der Waals surface area contributed by atoms with Crippen molar-refractivity contribution in [3.63, 3.8) is 0 Å². The Morgan fingerprint density at radius 1 is 1.17 bits per heavy atom. The van der Waals surface area contributed by atoms with E-state index in [1.165, 1.54) is 0 Å². The molecule has 1 aromatic rings. The normalized spacial score (nSPS) is 12.3. The van der Waals surface area contributed by atoms with Crippen LogP contribution in [0.4, 0.5) is 4.79 Å². The Morgan fingerprint density at radius 3 is 2.28 bits per heavy atom. The highest BCUT2D eigenvalue weighted by molar-refractivity contribution is 5.91. The second-order valence-corrected chi connectivity index (χ2v) is 8.80. The molecule has 158 valence electrons. The van der Waals surface area contributed by atoms with E-state index in [0.717, 1.165) is 10.5 Å². The monoisotopic (exact) mass is 401 g/mol. The molecule has 1 unspecified atom stereocenters. The quantitative estimate of drug-likeness (QED) is 0.587. The molecule has 0 aliphatic heterocycles. The summed E-state index contributed by atoms with van der Waals surface area (Å²) in [7, 11) is 0. The molecule has 0 saturated carbocycles. The van der Waals surface area contributed by atoms with Crippen molar-refractivity contribution in [2.45, 2.75) is 65.6 Å². The Hall–Kier alpha value is -3.01. The van der Waals surface area contributed by atoms with Gasteiger partial charge in [0.25, 0.3) is 5.91 Å². The van der Waals surface area contributed by atoms with Crippen LogP contribution in [0.2, 0.25) is 0 Å². The molecule has 3 amide bonds. The topological polar surface area (TPSA) is 87.7 Å². The summed E-state index contributed by atoms with van der Waals surface area (Å²) in [6, 6.07) is 8.46. The number of aryl methyl sites for hydroxylation is 1. The number of alkyl carbamates (subject to hydrolysis) is 1. The predicted octanol–water partition coefficient (Wildman–Crippen LogP) is 2.89. The first-order valence-electron chi connectivity index (χ1n) is 9.37. The minimum absolute atomic E-state index is 0.399. The van der Waals surface area contributed by atoms with Crippen molar-refractivity contribution in [3.05, 3.63) is 35.4 Å². The third-order valence-electron chi connectivity index (χ3n) is 3.55. The second kappa shape index (κ2) is 9.46. The molecule has 2 N–H and O–H groups in total. The fourth-order valence-corrected chi connectivity index (χ4v) is 2.53. The van der Waals surface area contributed by atoms with Gasteiger partial charge in [-0.05, 0) is 54.0 Å². The van der Waals surface area contributed by atoms with E-state index in [1.54, 1.807) is 39.0 Å². The molecule has 0 bridgehead atoms. The Kier molecular flexibility index (Phi) is 7.84. The van der Waals surface area contributed by atoms with Gasteiger partial charge < -0.3 is 15.4 Å². The standard InChI is InChI=1S/C22H31N3O4/c1-9-25(17(26)14-23-20(28)29-22(6,7)8)18(19(27)24-21(3,4)5)16-12-10-11-15(2)13-16/h1,10-13,18H,14H2,2-8H3,(H,23,28)(H,24,27). The largest absolute Gasteiger partial charge is 0.444 e. The SMILES string of the molecule is C#CN(C(=O)CNC(=O)OC(C)(C)C)C(C(=O)NC(C)(C)C)c1cccc(C)c1. The molecule has 0 spiro atoms. The van der Waals surface area contributed by atoms with E-state index >= 15 is 0 Å². The first-order chi connectivity index (χ1) is 13.2. The maximum atomic E-state index is 13.0. The van der Waals surface area contributed by atoms with Gasteiger partial charge in [-0.1, -0.05) is 36.3 Å². The minimum atomic E-state index is -1.04. The number of carbonyl (C=O) groups excluding carboxylic acids is 3. The molecule has 0 radical (unpaired) electrons. The van der Waals surface area contributed by atoms with E-state index in [4.69, 9.17) is 11.2 Å². The van der Waals surface area contributed by atoms with Crippen LogP contribution in [0.5, 0.6) is 0 Å². The lowest BCUT2D eigenvalue weighted by molar-refractivity contribution is -0.137.